The molecule has 3 N–H and O–H groups in total. The number of hydrogen-bond acceptors (Lipinski definition) is 4. The van der Waals surface area contributed by atoms with E-state index in [1.54, 1.807) is 23.1 Å². The minimum atomic E-state index is -0.181. The predicted molar refractivity (Wildman–Crippen MR) is 75.3 cm³/mol. The van der Waals surface area contributed by atoms with E-state index in [1.165, 1.54) is 0 Å². The molecule has 0 spiro atoms. The van der Waals surface area contributed by atoms with Crippen LogP contribution < -0.4 is 10.5 Å². The molecule has 5 heteroatoms. The number of para-hydroxylation sites is 1. The predicted octanol–water partition coefficient (Wildman–Crippen LogP) is 1.51. The van der Waals surface area contributed by atoms with Gasteiger partial charge < -0.3 is 20.5 Å². The summed E-state index contributed by atoms with van der Waals surface area (Å²) < 4.78 is 5.46. The molecule has 0 unspecified atom stereocenters. The Balaban J connectivity index is 3.13. The normalized spacial score (nSPS) is 10.6. The molecule has 1 amide bonds. The molecule has 0 aliphatic rings. The maximum absolute atomic E-state index is 12.5. The zero-order valence-corrected chi connectivity index (χ0v) is 11.7. The Morgan fingerprint density at radius 3 is 2.68 bits per heavy atom. The number of aliphatic hydroxyl groups excluding tert-OH is 1. The number of carbonyl (C=O) groups is 1. The second kappa shape index (κ2) is 6.99. The minimum Gasteiger partial charge on any atom is -0.491 e. The molecule has 1 rings (SSSR count). The summed E-state index contributed by atoms with van der Waals surface area (Å²) in [6, 6.07) is 5.11. The van der Waals surface area contributed by atoms with Crippen molar-refractivity contribution in [3.63, 3.8) is 0 Å². The van der Waals surface area contributed by atoms with Crippen molar-refractivity contribution in [1.82, 2.24) is 4.90 Å². The third-order valence-corrected chi connectivity index (χ3v) is 2.79. The minimum absolute atomic E-state index is 0.00411. The van der Waals surface area contributed by atoms with Crippen LogP contribution in [-0.4, -0.2) is 41.7 Å². The van der Waals surface area contributed by atoms with Crippen molar-refractivity contribution in [1.29, 1.82) is 0 Å². The van der Waals surface area contributed by atoms with E-state index < -0.39 is 0 Å². The van der Waals surface area contributed by atoms with Crippen LogP contribution in [0.3, 0.4) is 0 Å². The van der Waals surface area contributed by atoms with E-state index in [4.69, 9.17) is 15.6 Å². The Morgan fingerprint density at radius 2 is 2.16 bits per heavy atom. The molecule has 0 heterocycles. The molecule has 0 atom stereocenters. The van der Waals surface area contributed by atoms with Gasteiger partial charge in [-0.25, -0.2) is 0 Å². The van der Waals surface area contributed by atoms with Gasteiger partial charge in [-0.1, -0.05) is 6.07 Å². The fraction of sp³-hybridized carbons (Fsp3) is 0.500. The monoisotopic (exact) mass is 266 g/mol. The van der Waals surface area contributed by atoms with E-state index in [-0.39, 0.29) is 25.1 Å². The smallest absolute Gasteiger partial charge is 0.258 e. The fourth-order valence-electron chi connectivity index (χ4n) is 1.89. The first-order chi connectivity index (χ1) is 9.02. The topological polar surface area (TPSA) is 75.8 Å². The van der Waals surface area contributed by atoms with Crippen LogP contribution in [0, 0.1) is 0 Å². The molecule has 19 heavy (non-hydrogen) atoms. The van der Waals surface area contributed by atoms with Gasteiger partial charge in [0.2, 0.25) is 0 Å². The van der Waals surface area contributed by atoms with Crippen molar-refractivity contribution in [2.75, 3.05) is 25.5 Å². The van der Waals surface area contributed by atoms with Crippen LogP contribution >= 0.6 is 0 Å². The largest absolute Gasteiger partial charge is 0.491 e. The van der Waals surface area contributed by atoms with Crippen molar-refractivity contribution < 1.29 is 14.6 Å². The molecule has 5 nitrogen and oxygen atoms in total. The van der Waals surface area contributed by atoms with E-state index in [0.717, 1.165) is 0 Å². The number of anilines is 1. The molecule has 1 aromatic carbocycles. The average molecular weight is 266 g/mol. The highest BCUT2D eigenvalue weighted by Crippen LogP contribution is 2.28. The standard InChI is InChI=1S/C14H22N2O3/c1-4-19-13-11(6-5-7-12(13)15)14(18)16(8-9-17)10(2)3/h5-7,10,17H,4,8-9,15H2,1-3H3. The van der Waals surface area contributed by atoms with E-state index in [2.05, 4.69) is 0 Å². The lowest BCUT2D eigenvalue weighted by atomic mass is 10.1. The number of aliphatic hydroxyl groups is 1. The molecular weight excluding hydrogens is 244 g/mol. The highest BCUT2D eigenvalue weighted by atomic mass is 16.5. The first-order valence-corrected chi connectivity index (χ1v) is 6.46. The maximum Gasteiger partial charge on any atom is 0.258 e. The summed E-state index contributed by atoms with van der Waals surface area (Å²) in [5.41, 5.74) is 6.73. The SMILES string of the molecule is CCOc1c(N)cccc1C(=O)N(CCO)C(C)C. The van der Waals surface area contributed by atoms with Crippen LogP contribution in [0.2, 0.25) is 0 Å². The molecule has 0 saturated carbocycles. The summed E-state index contributed by atoms with van der Waals surface area (Å²) in [5, 5.41) is 9.06. The number of rotatable bonds is 6. The number of hydrogen-bond donors (Lipinski definition) is 2. The van der Waals surface area contributed by atoms with Gasteiger partial charge in [0, 0.05) is 12.6 Å². The summed E-state index contributed by atoms with van der Waals surface area (Å²) in [4.78, 5) is 14.1. The van der Waals surface area contributed by atoms with Crippen LogP contribution in [0.25, 0.3) is 0 Å². The second-order valence-corrected chi connectivity index (χ2v) is 4.47. The Kier molecular flexibility index (Phi) is 5.63. The molecule has 0 aromatic heterocycles. The van der Waals surface area contributed by atoms with Crippen molar-refractivity contribution in [3.8, 4) is 5.75 Å². The maximum atomic E-state index is 12.5. The number of benzene rings is 1. The molecule has 1 aromatic rings. The summed E-state index contributed by atoms with van der Waals surface area (Å²) in [6.45, 7) is 6.30. The van der Waals surface area contributed by atoms with Gasteiger partial charge >= 0.3 is 0 Å². The van der Waals surface area contributed by atoms with E-state index in [0.29, 0.717) is 23.6 Å². The van der Waals surface area contributed by atoms with Crippen LogP contribution in [0.15, 0.2) is 18.2 Å². The van der Waals surface area contributed by atoms with E-state index >= 15 is 0 Å². The number of carbonyl (C=O) groups excluding carboxylic acids is 1. The highest BCUT2D eigenvalue weighted by Gasteiger charge is 2.22. The summed E-state index contributed by atoms with van der Waals surface area (Å²) >= 11 is 0. The molecule has 0 radical (unpaired) electrons. The quantitative estimate of drug-likeness (QED) is 0.765. The van der Waals surface area contributed by atoms with Gasteiger partial charge in [-0.3, -0.25) is 4.79 Å². The van der Waals surface area contributed by atoms with Crippen molar-refractivity contribution in [3.05, 3.63) is 23.8 Å². The third kappa shape index (κ3) is 3.61. The number of amides is 1. The van der Waals surface area contributed by atoms with Crippen LogP contribution in [0.4, 0.5) is 5.69 Å². The summed E-state index contributed by atoms with van der Waals surface area (Å²) in [6.07, 6.45) is 0. The van der Waals surface area contributed by atoms with Crippen LogP contribution in [0.5, 0.6) is 5.75 Å². The van der Waals surface area contributed by atoms with Gasteiger partial charge in [0.15, 0.2) is 5.75 Å². The lowest BCUT2D eigenvalue weighted by Gasteiger charge is -2.27. The van der Waals surface area contributed by atoms with Gasteiger partial charge in [-0.15, -0.1) is 0 Å². The van der Waals surface area contributed by atoms with Gasteiger partial charge in [0.05, 0.1) is 24.5 Å². The molecule has 0 aliphatic carbocycles. The van der Waals surface area contributed by atoms with E-state index in [9.17, 15) is 4.79 Å². The molecule has 0 saturated heterocycles. The Labute approximate surface area is 114 Å². The fourth-order valence-corrected chi connectivity index (χ4v) is 1.89. The van der Waals surface area contributed by atoms with Crippen LogP contribution in [0.1, 0.15) is 31.1 Å². The Hall–Kier alpha value is -1.75. The summed E-state index contributed by atoms with van der Waals surface area (Å²) in [7, 11) is 0. The zero-order valence-electron chi connectivity index (χ0n) is 11.7. The lowest BCUT2D eigenvalue weighted by Crippen LogP contribution is -2.39. The lowest BCUT2D eigenvalue weighted by molar-refractivity contribution is 0.0661. The Bertz CT molecular complexity index is 433. The number of nitrogens with zero attached hydrogens (tertiary/aromatic N) is 1. The van der Waals surface area contributed by atoms with Gasteiger partial charge in [0.25, 0.3) is 5.91 Å². The van der Waals surface area contributed by atoms with E-state index in [1.807, 2.05) is 20.8 Å². The third-order valence-electron chi connectivity index (χ3n) is 2.79. The van der Waals surface area contributed by atoms with Crippen molar-refractivity contribution in [2.45, 2.75) is 26.8 Å². The molecule has 0 aliphatic heterocycles. The second-order valence-electron chi connectivity index (χ2n) is 4.47. The number of nitrogen functional groups attached to an aromatic ring is 1. The first kappa shape index (κ1) is 15.3. The summed E-state index contributed by atoms with van der Waals surface area (Å²) in [5.74, 6) is 0.235. The molecular formula is C14H22N2O3. The zero-order chi connectivity index (χ0) is 14.4. The highest BCUT2D eigenvalue weighted by molar-refractivity contribution is 5.98. The first-order valence-electron chi connectivity index (χ1n) is 6.46. The van der Waals surface area contributed by atoms with Gasteiger partial charge in [-0.05, 0) is 32.9 Å². The molecule has 0 bridgehead atoms. The van der Waals surface area contributed by atoms with Crippen LogP contribution in [-0.2, 0) is 0 Å². The molecule has 106 valence electrons. The van der Waals surface area contributed by atoms with Crippen molar-refractivity contribution >= 4 is 11.6 Å². The van der Waals surface area contributed by atoms with Gasteiger partial charge in [0.1, 0.15) is 0 Å². The molecule has 0 fully saturated rings. The average Bonchev–Trinajstić information content (AvgIpc) is 2.37. The van der Waals surface area contributed by atoms with Gasteiger partial charge in [-0.2, -0.15) is 0 Å². The Morgan fingerprint density at radius 1 is 1.47 bits per heavy atom. The van der Waals surface area contributed by atoms with Crippen molar-refractivity contribution in [2.24, 2.45) is 0 Å². The number of nitrogens with two attached hydrogens (primary N) is 1. The number of ether oxygens (including phenoxy) is 1.